The van der Waals surface area contributed by atoms with E-state index in [4.69, 9.17) is 5.53 Å². The standard InChI is InChI=1S/C16H12N2O4S/c17-18-16-12-7-2-1-5-10(12)13(9-14(16)19)11-6-3-4-8-15(11)23(20,21)22/h1-9,17,19H,(H,20,21,22). The van der Waals surface area contributed by atoms with Crippen LogP contribution in [0.4, 0.5) is 5.69 Å². The van der Waals surface area contributed by atoms with Gasteiger partial charge in [0.1, 0.15) is 16.3 Å². The van der Waals surface area contributed by atoms with Crippen LogP contribution in [-0.4, -0.2) is 18.1 Å². The quantitative estimate of drug-likeness (QED) is 0.496. The fourth-order valence-electron chi connectivity index (χ4n) is 2.60. The Morgan fingerprint density at radius 1 is 0.913 bits per heavy atom. The Balaban J connectivity index is 2.47. The summed E-state index contributed by atoms with van der Waals surface area (Å²) in [7, 11) is -4.42. The van der Waals surface area contributed by atoms with E-state index >= 15 is 0 Å². The molecular formula is C16H12N2O4S. The minimum atomic E-state index is -4.42. The molecule has 0 atom stereocenters. The van der Waals surface area contributed by atoms with E-state index in [0.29, 0.717) is 16.3 Å². The molecule has 0 spiro atoms. The molecule has 0 unspecified atom stereocenters. The number of rotatable bonds is 3. The number of benzene rings is 3. The van der Waals surface area contributed by atoms with Crippen LogP contribution in [-0.2, 0) is 10.1 Å². The van der Waals surface area contributed by atoms with Crippen LogP contribution in [0.3, 0.4) is 0 Å². The normalized spacial score (nSPS) is 11.5. The summed E-state index contributed by atoms with van der Waals surface area (Å²) in [4.78, 5) is -0.250. The maximum atomic E-state index is 11.6. The van der Waals surface area contributed by atoms with Gasteiger partial charge in [-0.3, -0.25) is 4.55 Å². The zero-order chi connectivity index (χ0) is 16.6. The van der Waals surface area contributed by atoms with Gasteiger partial charge in [-0.15, -0.1) is 0 Å². The summed E-state index contributed by atoms with van der Waals surface area (Å²) in [6.45, 7) is 0. The van der Waals surface area contributed by atoms with Crippen LogP contribution in [0.1, 0.15) is 0 Å². The predicted octanol–water partition coefficient (Wildman–Crippen LogP) is 4.12. The van der Waals surface area contributed by atoms with E-state index in [1.54, 1.807) is 36.4 Å². The highest BCUT2D eigenvalue weighted by Crippen LogP contribution is 2.42. The Morgan fingerprint density at radius 2 is 1.52 bits per heavy atom. The monoisotopic (exact) mass is 328 g/mol. The fraction of sp³-hybridized carbons (Fsp3) is 0. The Labute approximate surface area is 132 Å². The van der Waals surface area contributed by atoms with Crippen LogP contribution in [0.2, 0.25) is 0 Å². The largest absolute Gasteiger partial charge is 0.506 e. The fourth-order valence-corrected chi connectivity index (χ4v) is 3.31. The molecule has 6 nitrogen and oxygen atoms in total. The maximum Gasteiger partial charge on any atom is 0.295 e. The molecule has 7 heteroatoms. The molecule has 0 aliphatic rings. The molecule has 0 amide bonds. The summed E-state index contributed by atoms with van der Waals surface area (Å²) in [5, 5.41) is 14.6. The lowest BCUT2D eigenvalue weighted by Crippen LogP contribution is -2.00. The number of phenols is 1. The molecule has 0 radical (unpaired) electrons. The summed E-state index contributed by atoms with van der Waals surface area (Å²) >= 11 is 0. The van der Waals surface area contributed by atoms with Gasteiger partial charge in [-0.05, 0) is 23.1 Å². The molecule has 0 fully saturated rings. The third-order valence-corrected chi connectivity index (χ3v) is 4.47. The first-order chi connectivity index (χ1) is 10.9. The summed E-state index contributed by atoms with van der Waals surface area (Å²) in [5.74, 6) is -0.237. The number of fused-ring (bicyclic) bond motifs is 1. The average molecular weight is 328 g/mol. The van der Waals surface area contributed by atoms with E-state index in [2.05, 4.69) is 5.11 Å². The van der Waals surface area contributed by atoms with Gasteiger partial charge >= 0.3 is 0 Å². The Hall–Kier alpha value is -2.77. The highest BCUT2D eigenvalue weighted by molar-refractivity contribution is 7.86. The van der Waals surface area contributed by atoms with Gasteiger partial charge in [-0.2, -0.15) is 13.5 Å². The zero-order valence-corrected chi connectivity index (χ0v) is 12.6. The van der Waals surface area contributed by atoms with Crippen molar-refractivity contribution in [2.24, 2.45) is 5.11 Å². The van der Waals surface area contributed by atoms with Crippen molar-refractivity contribution in [2.75, 3.05) is 0 Å². The smallest absolute Gasteiger partial charge is 0.295 e. The van der Waals surface area contributed by atoms with E-state index < -0.39 is 10.1 Å². The van der Waals surface area contributed by atoms with Crippen LogP contribution in [0, 0.1) is 5.53 Å². The predicted molar refractivity (Wildman–Crippen MR) is 85.7 cm³/mol. The van der Waals surface area contributed by atoms with E-state index in [1.807, 2.05) is 0 Å². The van der Waals surface area contributed by atoms with Crippen molar-refractivity contribution in [3.63, 3.8) is 0 Å². The molecule has 3 aromatic carbocycles. The molecule has 0 heterocycles. The number of hydrogen-bond acceptors (Lipinski definition) is 5. The van der Waals surface area contributed by atoms with Gasteiger partial charge < -0.3 is 5.11 Å². The third kappa shape index (κ3) is 2.56. The molecule has 0 aliphatic heterocycles. The molecule has 0 aromatic heterocycles. The molecule has 23 heavy (non-hydrogen) atoms. The van der Waals surface area contributed by atoms with Gasteiger partial charge in [0.25, 0.3) is 10.1 Å². The van der Waals surface area contributed by atoms with E-state index in [1.165, 1.54) is 18.2 Å². The van der Waals surface area contributed by atoms with Crippen LogP contribution in [0.5, 0.6) is 5.75 Å². The third-order valence-electron chi connectivity index (χ3n) is 3.56. The number of hydrogen-bond donors (Lipinski definition) is 3. The SMILES string of the molecule is N=Nc1c(O)cc(-c2ccccc2S(=O)(=O)O)c2ccccc12. The Morgan fingerprint density at radius 3 is 2.17 bits per heavy atom. The van der Waals surface area contributed by atoms with Crippen LogP contribution >= 0.6 is 0 Å². The molecule has 116 valence electrons. The number of phenolic OH excluding ortho intramolecular Hbond substituents is 1. The van der Waals surface area contributed by atoms with Crippen LogP contribution < -0.4 is 0 Å². The van der Waals surface area contributed by atoms with Crippen molar-refractivity contribution in [1.29, 1.82) is 5.53 Å². The van der Waals surface area contributed by atoms with Gasteiger partial charge in [-0.25, -0.2) is 5.53 Å². The van der Waals surface area contributed by atoms with Crippen molar-refractivity contribution in [3.05, 3.63) is 54.6 Å². The Bertz CT molecular complexity index is 1030. The van der Waals surface area contributed by atoms with Crippen LogP contribution in [0.25, 0.3) is 21.9 Å². The number of aromatic hydroxyl groups is 1. The lowest BCUT2D eigenvalue weighted by Gasteiger charge is -2.13. The van der Waals surface area contributed by atoms with E-state index in [0.717, 1.165) is 0 Å². The first-order valence-corrected chi connectivity index (χ1v) is 8.06. The first kappa shape index (κ1) is 15.1. The van der Waals surface area contributed by atoms with Crippen molar-refractivity contribution < 1.29 is 18.1 Å². The lowest BCUT2D eigenvalue weighted by molar-refractivity contribution is 0.476. The van der Waals surface area contributed by atoms with Crippen molar-refractivity contribution >= 4 is 26.6 Å². The van der Waals surface area contributed by atoms with Gasteiger partial charge in [0.2, 0.25) is 0 Å². The maximum absolute atomic E-state index is 11.6. The Kier molecular flexibility index (Phi) is 3.59. The molecular weight excluding hydrogens is 316 g/mol. The summed E-state index contributed by atoms with van der Waals surface area (Å²) in [6.07, 6.45) is 0. The summed E-state index contributed by atoms with van der Waals surface area (Å²) in [6, 6.07) is 14.2. The molecule has 0 aliphatic carbocycles. The minimum absolute atomic E-state index is 0.105. The van der Waals surface area contributed by atoms with Gasteiger partial charge in [0, 0.05) is 10.9 Å². The molecule has 3 N–H and O–H groups in total. The molecule has 3 rings (SSSR count). The summed E-state index contributed by atoms with van der Waals surface area (Å²) in [5.41, 5.74) is 8.01. The highest BCUT2D eigenvalue weighted by Gasteiger charge is 2.19. The topological polar surface area (TPSA) is 111 Å². The highest BCUT2D eigenvalue weighted by atomic mass is 32.2. The summed E-state index contributed by atoms with van der Waals surface area (Å²) < 4.78 is 32.7. The first-order valence-electron chi connectivity index (χ1n) is 6.62. The second-order valence-electron chi connectivity index (χ2n) is 4.92. The van der Waals surface area contributed by atoms with Crippen molar-refractivity contribution in [1.82, 2.24) is 0 Å². The zero-order valence-electron chi connectivity index (χ0n) is 11.8. The van der Waals surface area contributed by atoms with E-state index in [9.17, 15) is 18.1 Å². The van der Waals surface area contributed by atoms with Gasteiger partial charge in [0.15, 0.2) is 0 Å². The minimum Gasteiger partial charge on any atom is -0.506 e. The van der Waals surface area contributed by atoms with Crippen molar-refractivity contribution in [2.45, 2.75) is 4.90 Å². The second-order valence-corrected chi connectivity index (χ2v) is 6.31. The molecule has 0 bridgehead atoms. The van der Waals surface area contributed by atoms with Crippen LogP contribution in [0.15, 0.2) is 64.6 Å². The van der Waals surface area contributed by atoms with Crippen molar-refractivity contribution in [3.8, 4) is 16.9 Å². The molecule has 3 aromatic rings. The van der Waals surface area contributed by atoms with Gasteiger partial charge in [0.05, 0.1) is 0 Å². The van der Waals surface area contributed by atoms with E-state index in [-0.39, 0.29) is 21.9 Å². The lowest BCUT2D eigenvalue weighted by atomic mass is 9.96. The average Bonchev–Trinajstić information content (AvgIpc) is 2.53. The molecule has 0 saturated heterocycles. The second kappa shape index (κ2) is 5.45. The van der Waals surface area contributed by atoms with Gasteiger partial charge in [-0.1, -0.05) is 42.5 Å². The number of nitrogens with zero attached hydrogens (tertiary/aromatic N) is 1. The molecule has 0 saturated carbocycles. The number of nitrogens with one attached hydrogen (secondary N) is 1.